The third-order valence-electron chi connectivity index (χ3n) is 3.92. The van der Waals surface area contributed by atoms with Crippen LogP contribution in [-0.4, -0.2) is 36.3 Å². The van der Waals surface area contributed by atoms with Crippen LogP contribution >= 0.6 is 0 Å². The number of hydrogen-bond acceptors (Lipinski definition) is 5. The van der Waals surface area contributed by atoms with Gasteiger partial charge in [0.05, 0.1) is 6.54 Å². The van der Waals surface area contributed by atoms with Gasteiger partial charge in [0.2, 0.25) is 0 Å². The molecule has 0 aliphatic heterocycles. The summed E-state index contributed by atoms with van der Waals surface area (Å²) in [6.07, 6.45) is 2.16. The van der Waals surface area contributed by atoms with Crippen molar-refractivity contribution in [2.45, 2.75) is 64.3 Å². The summed E-state index contributed by atoms with van der Waals surface area (Å²) in [5, 5.41) is 6.09. The van der Waals surface area contributed by atoms with Crippen molar-refractivity contribution >= 4 is 12.1 Å². The number of carbonyl (C=O) groups excluding carboxylic acids is 2. The molecule has 2 N–H and O–H groups in total. The van der Waals surface area contributed by atoms with Crippen molar-refractivity contribution < 1.29 is 19.1 Å². The minimum Gasteiger partial charge on any atom is -0.459 e. The van der Waals surface area contributed by atoms with E-state index in [-0.39, 0.29) is 31.2 Å². The maximum Gasteiger partial charge on any atom is 0.407 e. The number of nitrogens with one attached hydrogen (secondary N) is 2. The zero-order valence-corrected chi connectivity index (χ0v) is 15.2. The molecule has 6 nitrogen and oxygen atoms in total. The van der Waals surface area contributed by atoms with Gasteiger partial charge in [-0.05, 0) is 45.6 Å². The quantitative estimate of drug-likeness (QED) is 0.773. The fourth-order valence-electron chi connectivity index (χ4n) is 2.83. The molecular formula is C19H28N2O4. The van der Waals surface area contributed by atoms with Crippen molar-refractivity contribution in [3.8, 4) is 0 Å². The summed E-state index contributed by atoms with van der Waals surface area (Å²) in [6.45, 7) is 6.00. The predicted octanol–water partition coefficient (Wildman–Crippen LogP) is 2.77. The summed E-state index contributed by atoms with van der Waals surface area (Å²) in [5.74, 6) is -0.258. The van der Waals surface area contributed by atoms with Crippen molar-refractivity contribution in [3.05, 3.63) is 35.9 Å². The van der Waals surface area contributed by atoms with Crippen LogP contribution in [0, 0.1) is 0 Å². The Labute approximate surface area is 149 Å². The Balaban J connectivity index is 1.63. The van der Waals surface area contributed by atoms with E-state index in [4.69, 9.17) is 9.47 Å². The molecule has 1 saturated carbocycles. The molecule has 0 bridgehead atoms. The average Bonchev–Trinajstić information content (AvgIpc) is 2.98. The third kappa shape index (κ3) is 7.56. The lowest BCUT2D eigenvalue weighted by Gasteiger charge is -2.20. The maximum absolute atomic E-state index is 11.9. The van der Waals surface area contributed by atoms with Gasteiger partial charge in [-0.3, -0.25) is 4.79 Å². The molecule has 0 heterocycles. The lowest BCUT2D eigenvalue weighted by molar-refractivity contribution is -0.153. The lowest BCUT2D eigenvalue weighted by Crippen LogP contribution is -2.38. The van der Waals surface area contributed by atoms with Crippen LogP contribution in [0.3, 0.4) is 0 Å². The molecule has 0 aromatic heterocycles. The van der Waals surface area contributed by atoms with Crippen molar-refractivity contribution in [1.29, 1.82) is 0 Å². The van der Waals surface area contributed by atoms with E-state index in [0.717, 1.165) is 24.8 Å². The van der Waals surface area contributed by atoms with Crippen LogP contribution in [0.5, 0.6) is 0 Å². The zero-order chi connectivity index (χ0) is 18.3. The SMILES string of the molecule is CC(C)(C)OC(=O)CN[C@@H]1CC[C@H](NC(=O)OCc2ccccc2)C1. The highest BCUT2D eigenvalue weighted by Gasteiger charge is 2.27. The maximum atomic E-state index is 11.9. The summed E-state index contributed by atoms with van der Waals surface area (Å²) >= 11 is 0. The fraction of sp³-hybridized carbons (Fsp3) is 0.579. The number of amides is 1. The topological polar surface area (TPSA) is 76.7 Å². The van der Waals surface area contributed by atoms with E-state index in [9.17, 15) is 9.59 Å². The molecule has 25 heavy (non-hydrogen) atoms. The van der Waals surface area contributed by atoms with E-state index >= 15 is 0 Å². The first-order valence-electron chi connectivity index (χ1n) is 8.74. The van der Waals surface area contributed by atoms with Crippen LogP contribution in [0.4, 0.5) is 4.79 Å². The van der Waals surface area contributed by atoms with E-state index in [1.54, 1.807) is 0 Å². The molecule has 0 unspecified atom stereocenters. The number of esters is 1. The van der Waals surface area contributed by atoms with Gasteiger partial charge in [-0.1, -0.05) is 30.3 Å². The molecule has 1 aromatic rings. The highest BCUT2D eigenvalue weighted by Crippen LogP contribution is 2.19. The Hall–Kier alpha value is -2.08. The first-order valence-corrected chi connectivity index (χ1v) is 8.74. The second-order valence-corrected chi connectivity index (χ2v) is 7.38. The largest absolute Gasteiger partial charge is 0.459 e. The van der Waals surface area contributed by atoms with E-state index in [2.05, 4.69) is 10.6 Å². The molecule has 0 spiro atoms. The summed E-state index contributed by atoms with van der Waals surface area (Å²) in [7, 11) is 0. The Morgan fingerprint density at radius 3 is 2.48 bits per heavy atom. The molecule has 2 atom stereocenters. The number of alkyl carbamates (subject to hydrolysis) is 1. The first-order chi connectivity index (χ1) is 11.8. The highest BCUT2D eigenvalue weighted by atomic mass is 16.6. The lowest BCUT2D eigenvalue weighted by atomic mass is 10.2. The molecule has 6 heteroatoms. The number of rotatable bonds is 6. The highest BCUT2D eigenvalue weighted by molar-refractivity contribution is 5.72. The summed E-state index contributed by atoms with van der Waals surface area (Å²) in [5.41, 5.74) is 0.488. The van der Waals surface area contributed by atoms with E-state index in [1.807, 2.05) is 51.1 Å². The van der Waals surface area contributed by atoms with Crippen molar-refractivity contribution in [3.63, 3.8) is 0 Å². The fourth-order valence-corrected chi connectivity index (χ4v) is 2.83. The Bertz CT molecular complexity index is 569. The number of ether oxygens (including phenoxy) is 2. The van der Waals surface area contributed by atoms with E-state index < -0.39 is 11.7 Å². The predicted molar refractivity (Wildman–Crippen MR) is 95.0 cm³/mol. The summed E-state index contributed by atoms with van der Waals surface area (Å²) < 4.78 is 10.5. The van der Waals surface area contributed by atoms with E-state index in [1.165, 1.54) is 0 Å². The molecule has 0 radical (unpaired) electrons. The van der Waals surface area contributed by atoms with Gasteiger partial charge in [0.15, 0.2) is 0 Å². The zero-order valence-electron chi connectivity index (χ0n) is 15.2. The van der Waals surface area contributed by atoms with E-state index in [0.29, 0.717) is 0 Å². The van der Waals surface area contributed by atoms with Gasteiger partial charge < -0.3 is 20.1 Å². The number of benzene rings is 1. The molecular weight excluding hydrogens is 320 g/mol. The van der Waals surface area contributed by atoms with Crippen LogP contribution in [0.1, 0.15) is 45.6 Å². The molecule has 1 aliphatic carbocycles. The second kappa shape index (κ2) is 8.85. The van der Waals surface area contributed by atoms with Crippen LogP contribution in [-0.2, 0) is 20.9 Å². The van der Waals surface area contributed by atoms with Gasteiger partial charge in [0.25, 0.3) is 0 Å². The normalized spacial score (nSPS) is 20.1. The molecule has 2 rings (SSSR count). The van der Waals surface area contributed by atoms with Gasteiger partial charge in [-0.25, -0.2) is 4.79 Å². The van der Waals surface area contributed by atoms with Crippen LogP contribution < -0.4 is 10.6 Å². The molecule has 1 amide bonds. The third-order valence-corrected chi connectivity index (χ3v) is 3.92. The molecule has 1 aromatic carbocycles. The minimum absolute atomic E-state index is 0.0689. The Kier molecular flexibility index (Phi) is 6.82. The van der Waals surface area contributed by atoms with Crippen LogP contribution in [0.2, 0.25) is 0 Å². The number of carbonyl (C=O) groups is 2. The van der Waals surface area contributed by atoms with Gasteiger partial charge in [-0.2, -0.15) is 0 Å². The standard InChI is InChI=1S/C19H28N2O4/c1-19(2,3)25-17(22)12-20-15-9-10-16(11-15)21-18(23)24-13-14-7-5-4-6-8-14/h4-8,15-16,20H,9-13H2,1-3H3,(H,21,23)/t15-,16+/m1/s1. The molecule has 1 aliphatic rings. The molecule has 1 fully saturated rings. The second-order valence-electron chi connectivity index (χ2n) is 7.38. The van der Waals surface area contributed by atoms with Crippen molar-refractivity contribution in [1.82, 2.24) is 10.6 Å². The Morgan fingerprint density at radius 1 is 1.12 bits per heavy atom. The van der Waals surface area contributed by atoms with Gasteiger partial charge in [0.1, 0.15) is 12.2 Å². The smallest absolute Gasteiger partial charge is 0.407 e. The Morgan fingerprint density at radius 2 is 1.80 bits per heavy atom. The van der Waals surface area contributed by atoms with Crippen molar-refractivity contribution in [2.75, 3.05) is 6.54 Å². The average molecular weight is 348 g/mol. The van der Waals surface area contributed by atoms with Crippen molar-refractivity contribution in [2.24, 2.45) is 0 Å². The van der Waals surface area contributed by atoms with Crippen LogP contribution in [0.15, 0.2) is 30.3 Å². The van der Waals surface area contributed by atoms with Gasteiger partial charge in [-0.15, -0.1) is 0 Å². The monoisotopic (exact) mass is 348 g/mol. The van der Waals surface area contributed by atoms with Gasteiger partial charge >= 0.3 is 12.1 Å². The molecule has 138 valence electrons. The van der Waals surface area contributed by atoms with Gasteiger partial charge in [0, 0.05) is 12.1 Å². The summed E-state index contributed by atoms with van der Waals surface area (Å²) in [4.78, 5) is 23.6. The number of hydrogen-bond donors (Lipinski definition) is 2. The first kappa shape index (κ1) is 19.2. The minimum atomic E-state index is -0.471. The van der Waals surface area contributed by atoms with Crippen LogP contribution in [0.25, 0.3) is 0 Å². The summed E-state index contributed by atoms with van der Waals surface area (Å²) in [6, 6.07) is 9.85. The molecule has 0 saturated heterocycles.